The molecule has 17 heavy (non-hydrogen) atoms. The van der Waals surface area contributed by atoms with Crippen LogP contribution < -0.4 is 4.90 Å². The van der Waals surface area contributed by atoms with Gasteiger partial charge in [0.1, 0.15) is 16.8 Å². The van der Waals surface area contributed by atoms with Gasteiger partial charge in [0.15, 0.2) is 0 Å². The summed E-state index contributed by atoms with van der Waals surface area (Å²) in [4.78, 5) is 10.7. The number of nitrogens with zero attached hydrogens (tertiary/aromatic N) is 3. The van der Waals surface area contributed by atoms with Gasteiger partial charge in [-0.2, -0.15) is 0 Å². The number of likely N-dealkylation sites (N-methyl/N-ethyl adjacent to an activating group) is 1. The molecule has 94 valence electrons. The minimum atomic E-state index is 0.323. The van der Waals surface area contributed by atoms with Gasteiger partial charge < -0.3 is 9.64 Å². The van der Waals surface area contributed by atoms with Crippen molar-refractivity contribution in [3.8, 4) is 0 Å². The predicted octanol–water partition coefficient (Wildman–Crippen LogP) is 2.44. The van der Waals surface area contributed by atoms with Gasteiger partial charge in [-0.3, -0.25) is 0 Å². The van der Waals surface area contributed by atoms with Crippen molar-refractivity contribution >= 4 is 17.4 Å². The van der Waals surface area contributed by atoms with Crippen LogP contribution in [-0.4, -0.2) is 35.8 Å². The van der Waals surface area contributed by atoms with Gasteiger partial charge in [-0.15, -0.1) is 0 Å². The summed E-state index contributed by atoms with van der Waals surface area (Å²) in [6.07, 6.45) is 2.61. The van der Waals surface area contributed by atoms with Gasteiger partial charge in [0, 0.05) is 25.8 Å². The van der Waals surface area contributed by atoms with E-state index in [1.807, 2.05) is 13.0 Å². The third-order valence-corrected chi connectivity index (χ3v) is 3.14. The third kappa shape index (κ3) is 3.30. The SMILES string of the molecule is CCN(CC1CCCO1)c1cc(Cl)nc(C)n1. The smallest absolute Gasteiger partial charge is 0.134 e. The highest BCUT2D eigenvalue weighted by molar-refractivity contribution is 6.29. The highest BCUT2D eigenvalue weighted by atomic mass is 35.5. The maximum absolute atomic E-state index is 5.96. The van der Waals surface area contributed by atoms with Crippen molar-refractivity contribution < 1.29 is 4.74 Å². The second-order valence-corrected chi connectivity index (χ2v) is 4.66. The van der Waals surface area contributed by atoms with E-state index in [0.717, 1.165) is 38.4 Å². The molecule has 0 amide bonds. The molecule has 1 aromatic heterocycles. The molecule has 2 rings (SSSR count). The normalized spacial score (nSPS) is 19.6. The van der Waals surface area contributed by atoms with E-state index >= 15 is 0 Å². The van der Waals surface area contributed by atoms with Gasteiger partial charge in [-0.25, -0.2) is 9.97 Å². The van der Waals surface area contributed by atoms with Crippen LogP contribution >= 0.6 is 11.6 Å². The summed E-state index contributed by atoms with van der Waals surface area (Å²) in [7, 11) is 0. The molecule has 1 aliphatic heterocycles. The van der Waals surface area contributed by atoms with E-state index in [-0.39, 0.29) is 0 Å². The number of anilines is 1. The fraction of sp³-hybridized carbons (Fsp3) is 0.667. The largest absolute Gasteiger partial charge is 0.376 e. The maximum Gasteiger partial charge on any atom is 0.134 e. The van der Waals surface area contributed by atoms with Crippen LogP contribution in [0.2, 0.25) is 5.15 Å². The van der Waals surface area contributed by atoms with Crippen LogP contribution in [0.3, 0.4) is 0 Å². The first kappa shape index (κ1) is 12.6. The van der Waals surface area contributed by atoms with Crippen LogP contribution in [0.1, 0.15) is 25.6 Å². The Balaban J connectivity index is 2.10. The molecule has 1 fully saturated rings. The average molecular weight is 256 g/mol. The number of aryl methyl sites for hydroxylation is 1. The van der Waals surface area contributed by atoms with E-state index in [2.05, 4.69) is 21.8 Å². The predicted molar refractivity (Wildman–Crippen MR) is 68.6 cm³/mol. The first-order valence-electron chi connectivity index (χ1n) is 6.06. The summed E-state index contributed by atoms with van der Waals surface area (Å²) in [6.45, 7) is 6.62. The van der Waals surface area contributed by atoms with E-state index in [9.17, 15) is 0 Å². The number of ether oxygens (including phenoxy) is 1. The van der Waals surface area contributed by atoms with Crippen LogP contribution in [0.15, 0.2) is 6.07 Å². The van der Waals surface area contributed by atoms with E-state index in [1.54, 1.807) is 0 Å². The van der Waals surface area contributed by atoms with Gasteiger partial charge >= 0.3 is 0 Å². The van der Waals surface area contributed by atoms with Gasteiger partial charge in [0.05, 0.1) is 6.10 Å². The molecular weight excluding hydrogens is 238 g/mol. The van der Waals surface area contributed by atoms with E-state index in [0.29, 0.717) is 17.1 Å². The van der Waals surface area contributed by atoms with E-state index in [1.165, 1.54) is 0 Å². The average Bonchev–Trinajstić information content (AvgIpc) is 2.77. The first-order chi connectivity index (χ1) is 8.19. The molecule has 0 spiro atoms. The van der Waals surface area contributed by atoms with Crippen LogP contribution in [0, 0.1) is 6.92 Å². The molecule has 5 heteroatoms. The van der Waals surface area contributed by atoms with Gasteiger partial charge in [-0.1, -0.05) is 11.6 Å². The number of hydrogen-bond acceptors (Lipinski definition) is 4. The molecule has 0 N–H and O–H groups in total. The Hall–Kier alpha value is -0.870. The van der Waals surface area contributed by atoms with Crippen molar-refractivity contribution in [1.29, 1.82) is 0 Å². The van der Waals surface area contributed by atoms with Crippen molar-refractivity contribution in [2.24, 2.45) is 0 Å². The molecule has 0 aromatic carbocycles. The molecule has 2 heterocycles. The Morgan fingerprint density at radius 1 is 1.53 bits per heavy atom. The van der Waals surface area contributed by atoms with Crippen molar-refractivity contribution in [1.82, 2.24) is 9.97 Å². The number of aromatic nitrogens is 2. The van der Waals surface area contributed by atoms with Crippen molar-refractivity contribution in [3.05, 3.63) is 17.0 Å². The van der Waals surface area contributed by atoms with Crippen LogP contribution in [0.5, 0.6) is 0 Å². The highest BCUT2D eigenvalue weighted by Crippen LogP contribution is 2.19. The summed E-state index contributed by atoms with van der Waals surface area (Å²) >= 11 is 5.96. The minimum Gasteiger partial charge on any atom is -0.376 e. The molecule has 0 radical (unpaired) electrons. The first-order valence-corrected chi connectivity index (χ1v) is 6.44. The summed E-state index contributed by atoms with van der Waals surface area (Å²) in [5.74, 6) is 1.60. The van der Waals surface area contributed by atoms with Crippen molar-refractivity contribution in [2.75, 3.05) is 24.6 Å². The molecular formula is C12H18ClN3O. The Kier molecular flexibility index (Phi) is 4.18. The Morgan fingerprint density at radius 3 is 2.94 bits per heavy atom. The van der Waals surface area contributed by atoms with Crippen LogP contribution in [-0.2, 0) is 4.74 Å². The lowest BCUT2D eigenvalue weighted by Gasteiger charge is -2.25. The maximum atomic E-state index is 5.96. The summed E-state index contributed by atoms with van der Waals surface area (Å²) < 4.78 is 5.65. The van der Waals surface area contributed by atoms with E-state index in [4.69, 9.17) is 16.3 Å². The lowest BCUT2D eigenvalue weighted by molar-refractivity contribution is 0.115. The topological polar surface area (TPSA) is 38.2 Å². The number of hydrogen-bond donors (Lipinski definition) is 0. The molecule has 1 saturated heterocycles. The highest BCUT2D eigenvalue weighted by Gasteiger charge is 2.19. The standard InChI is InChI=1S/C12H18ClN3O/c1-3-16(8-10-5-4-6-17-10)12-7-11(13)14-9(2)15-12/h7,10H,3-6,8H2,1-2H3. The Labute approximate surface area is 107 Å². The molecule has 0 bridgehead atoms. The van der Waals surface area contributed by atoms with Gasteiger partial charge in [-0.05, 0) is 26.7 Å². The fourth-order valence-electron chi connectivity index (χ4n) is 2.10. The zero-order valence-corrected chi connectivity index (χ0v) is 11.1. The lowest BCUT2D eigenvalue weighted by Crippen LogP contribution is -2.32. The lowest BCUT2D eigenvalue weighted by atomic mass is 10.2. The van der Waals surface area contributed by atoms with Crippen LogP contribution in [0.4, 0.5) is 5.82 Å². The number of halogens is 1. The molecule has 1 atom stereocenters. The third-order valence-electron chi connectivity index (χ3n) is 2.95. The molecule has 1 aromatic rings. The van der Waals surface area contributed by atoms with E-state index < -0.39 is 0 Å². The quantitative estimate of drug-likeness (QED) is 0.775. The van der Waals surface area contributed by atoms with Crippen LogP contribution in [0.25, 0.3) is 0 Å². The summed E-state index contributed by atoms with van der Waals surface area (Å²) in [5, 5.41) is 0.498. The summed E-state index contributed by atoms with van der Waals surface area (Å²) in [6, 6.07) is 1.81. The minimum absolute atomic E-state index is 0.323. The second-order valence-electron chi connectivity index (χ2n) is 4.27. The van der Waals surface area contributed by atoms with Crippen molar-refractivity contribution in [2.45, 2.75) is 32.8 Å². The molecule has 0 saturated carbocycles. The molecule has 0 aliphatic carbocycles. The van der Waals surface area contributed by atoms with Gasteiger partial charge in [0.25, 0.3) is 0 Å². The monoisotopic (exact) mass is 255 g/mol. The zero-order chi connectivity index (χ0) is 12.3. The zero-order valence-electron chi connectivity index (χ0n) is 10.3. The fourth-order valence-corrected chi connectivity index (χ4v) is 2.32. The second kappa shape index (κ2) is 5.65. The van der Waals surface area contributed by atoms with Crippen molar-refractivity contribution in [3.63, 3.8) is 0 Å². The number of rotatable bonds is 4. The van der Waals surface area contributed by atoms with Gasteiger partial charge in [0.2, 0.25) is 0 Å². The molecule has 1 aliphatic rings. The molecule has 1 unspecified atom stereocenters. The Morgan fingerprint density at radius 2 is 2.35 bits per heavy atom. The Bertz CT molecular complexity index is 360. The molecule has 4 nitrogen and oxygen atoms in total. The summed E-state index contributed by atoms with van der Waals surface area (Å²) in [5.41, 5.74) is 0.